The molecule has 1 saturated carbocycles. The van der Waals surface area contributed by atoms with Crippen molar-refractivity contribution in [1.82, 2.24) is 5.32 Å². The van der Waals surface area contributed by atoms with Gasteiger partial charge < -0.3 is 15.2 Å². The minimum absolute atomic E-state index is 0.174. The summed E-state index contributed by atoms with van der Waals surface area (Å²) in [4.78, 5) is 11.1. The van der Waals surface area contributed by atoms with Crippen LogP contribution in [0.5, 0.6) is 5.75 Å². The number of hydrogen-bond acceptors (Lipinski definition) is 3. The van der Waals surface area contributed by atoms with Crippen LogP contribution in [0.3, 0.4) is 0 Å². The van der Waals surface area contributed by atoms with Crippen molar-refractivity contribution >= 4 is 5.97 Å². The van der Waals surface area contributed by atoms with Crippen molar-refractivity contribution in [2.45, 2.75) is 45.2 Å². The molecular weight excluding hydrogens is 326 g/mol. The van der Waals surface area contributed by atoms with Gasteiger partial charge in [0.05, 0.1) is 13.0 Å². The third-order valence-electron chi connectivity index (χ3n) is 5.39. The van der Waals surface area contributed by atoms with Gasteiger partial charge in [0, 0.05) is 18.2 Å². The van der Waals surface area contributed by atoms with Crippen molar-refractivity contribution in [2.75, 3.05) is 7.11 Å². The van der Waals surface area contributed by atoms with E-state index in [1.54, 1.807) is 7.11 Å². The lowest BCUT2D eigenvalue weighted by atomic mass is 9.86. The standard InChI is InChI=1S/C22H27NO3/c1-15-5-3-4-6-20(15)17-9-12-21(26-2)18(13-17)14-23-19-10-7-16(8-11-19)22(24)25/h3-6,9,12-13,16,19,23H,7-8,10-11,14H2,1-2H3,(H,24,25). The summed E-state index contributed by atoms with van der Waals surface area (Å²) in [6, 6.07) is 15.1. The molecule has 0 atom stereocenters. The highest BCUT2D eigenvalue weighted by atomic mass is 16.5. The molecule has 0 spiro atoms. The highest BCUT2D eigenvalue weighted by molar-refractivity contribution is 5.70. The van der Waals surface area contributed by atoms with Crippen LogP contribution >= 0.6 is 0 Å². The first-order chi connectivity index (χ1) is 12.6. The van der Waals surface area contributed by atoms with Gasteiger partial charge in [-0.1, -0.05) is 30.3 Å². The number of hydrogen-bond donors (Lipinski definition) is 2. The fourth-order valence-corrected chi connectivity index (χ4v) is 3.78. The molecule has 0 radical (unpaired) electrons. The summed E-state index contributed by atoms with van der Waals surface area (Å²) in [7, 11) is 1.70. The van der Waals surface area contributed by atoms with E-state index in [0.29, 0.717) is 6.04 Å². The van der Waals surface area contributed by atoms with Crippen LogP contribution in [0.4, 0.5) is 0 Å². The van der Waals surface area contributed by atoms with Crippen molar-refractivity contribution in [3.05, 3.63) is 53.6 Å². The molecule has 0 amide bonds. The Hall–Kier alpha value is -2.33. The number of aryl methyl sites for hydroxylation is 1. The Labute approximate surface area is 155 Å². The van der Waals surface area contributed by atoms with E-state index >= 15 is 0 Å². The van der Waals surface area contributed by atoms with Crippen molar-refractivity contribution in [1.29, 1.82) is 0 Å². The Morgan fingerprint density at radius 2 is 1.88 bits per heavy atom. The first-order valence-electron chi connectivity index (χ1n) is 9.27. The molecule has 0 unspecified atom stereocenters. The van der Waals surface area contributed by atoms with Gasteiger partial charge in [-0.05, 0) is 61.4 Å². The molecule has 0 aromatic heterocycles. The van der Waals surface area contributed by atoms with Gasteiger partial charge in [-0.2, -0.15) is 0 Å². The van der Waals surface area contributed by atoms with Gasteiger partial charge in [-0.25, -0.2) is 0 Å². The minimum Gasteiger partial charge on any atom is -0.496 e. The van der Waals surface area contributed by atoms with E-state index in [2.05, 4.69) is 48.6 Å². The lowest BCUT2D eigenvalue weighted by molar-refractivity contribution is -0.142. The SMILES string of the molecule is COc1ccc(-c2ccccc2C)cc1CNC1CCC(C(=O)O)CC1. The van der Waals surface area contributed by atoms with Gasteiger partial charge in [0.25, 0.3) is 0 Å². The molecule has 2 N–H and O–H groups in total. The monoisotopic (exact) mass is 353 g/mol. The average Bonchev–Trinajstić information content (AvgIpc) is 2.67. The van der Waals surface area contributed by atoms with Crippen LogP contribution in [0.25, 0.3) is 11.1 Å². The molecule has 2 aromatic rings. The molecule has 0 bridgehead atoms. The van der Waals surface area contributed by atoms with Gasteiger partial charge in [0.2, 0.25) is 0 Å². The normalized spacial score (nSPS) is 19.9. The second-order valence-corrected chi connectivity index (χ2v) is 7.11. The molecule has 0 heterocycles. The fraction of sp³-hybridized carbons (Fsp3) is 0.409. The van der Waals surface area contributed by atoms with Crippen LogP contribution in [-0.4, -0.2) is 24.2 Å². The molecular formula is C22H27NO3. The van der Waals surface area contributed by atoms with E-state index in [-0.39, 0.29) is 5.92 Å². The number of carboxylic acids is 1. The smallest absolute Gasteiger partial charge is 0.306 e. The second kappa shape index (κ2) is 8.37. The third kappa shape index (κ3) is 4.25. The zero-order chi connectivity index (χ0) is 18.5. The Bertz CT molecular complexity index is 764. The number of carboxylic acid groups (broad SMARTS) is 1. The molecule has 4 heteroatoms. The van der Waals surface area contributed by atoms with Gasteiger partial charge in [0.1, 0.15) is 5.75 Å². The van der Waals surface area contributed by atoms with Crippen LogP contribution in [0.1, 0.15) is 36.8 Å². The van der Waals surface area contributed by atoms with E-state index < -0.39 is 5.97 Å². The molecule has 1 aliphatic rings. The summed E-state index contributed by atoms with van der Waals surface area (Å²) in [5, 5.41) is 12.7. The Kier molecular flexibility index (Phi) is 5.94. The number of methoxy groups -OCH3 is 1. The predicted octanol–water partition coefficient (Wildman–Crippen LogP) is 4.40. The maximum atomic E-state index is 11.1. The van der Waals surface area contributed by atoms with Gasteiger partial charge in [0.15, 0.2) is 0 Å². The first kappa shape index (κ1) is 18.5. The molecule has 26 heavy (non-hydrogen) atoms. The predicted molar refractivity (Wildman–Crippen MR) is 103 cm³/mol. The van der Waals surface area contributed by atoms with Crippen LogP contribution in [0.15, 0.2) is 42.5 Å². The van der Waals surface area contributed by atoms with E-state index in [4.69, 9.17) is 9.84 Å². The lowest BCUT2D eigenvalue weighted by Crippen LogP contribution is -2.34. The lowest BCUT2D eigenvalue weighted by Gasteiger charge is -2.27. The quantitative estimate of drug-likeness (QED) is 0.808. The Morgan fingerprint density at radius 1 is 1.15 bits per heavy atom. The summed E-state index contributed by atoms with van der Waals surface area (Å²) in [5.74, 6) is 0.0528. The zero-order valence-corrected chi connectivity index (χ0v) is 15.5. The van der Waals surface area contributed by atoms with E-state index in [0.717, 1.165) is 43.5 Å². The summed E-state index contributed by atoms with van der Waals surface area (Å²) in [5.41, 5.74) is 4.81. The number of rotatable bonds is 6. The van der Waals surface area contributed by atoms with Crippen molar-refractivity contribution in [2.24, 2.45) is 5.92 Å². The molecule has 1 fully saturated rings. The summed E-state index contributed by atoms with van der Waals surface area (Å²) in [6.45, 7) is 2.85. The van der Waals surface area contributed by atoms with Crippen molar-refractivity contribution < 1.29 is 14.6 Å². The van der Waals surface area contributed by atoms with Crippen molar-refractivity contribution in [3.63, 3.8) is 0 Å². The second-order valence-electron chi connectivity index (χ2n) is 7.11. The molecule has 4 nitrogen and oxygen atoms in total. The van der Waals surface area contributed by atoms with Crippen LogP contribution in [0, 0.1) is 12.8 Å². The minimum atomic E-state index is -0.656. The van der Waals surface area contributed by atoms with Gasteiger partial charge in [-0.15, -0.1) is 0 Å². The molecule has 1 aliphatic carbocycles. The number of ether oxygens (including phenoxy) is 1. The number of aliphatic carboxylic acids is 1. The molecule has 2 aromatic carbocycles. The van der Waals surface area contributed by atoms with Crippen molar-refractivity contribution in [3.8, 4) is 16.9 Å². The highest BCUT2D eigenvalue weighted by Gasteiger charge is 2.25. The van der Waals surface area contributed by atoms with Gasteiger partial charge >= 0.3 is 5.97 Å². The maximum absolute atomic E-state index is 11.1. The first-order valence-corrected chi connectivity index (χ1v) is 9.27. The van der Waals surface area contributed by atoms with E-state index in [1.165, 1.54) is 16.7 Å². The fourth-order valence-electron chi connectivity index (χ4n) is 3.78. The molecule has 3 rings (SSSR count). The molecule has 0 saturated heterocycles. The van der Waals surface area contributed by atoms with Crippen LogP contribution in [-0.2, 0) is 11.3 Å². The summed E-state index contributed by atoms with van der Waals surface area (Å²) in [6.07, 6.45) is 3.34. The summed E-state index contributed by atoms with van der Waals surface area (Å²) >= 11 is 0. The topological polar surface area (TPSA) is 58.6 Å². The highest BCUT2D eigenvalue weighted by Crippen LogP contribution is 2.30. The molecule has 138 valence electrons. The number of nitrogens with one attached hydrogen (secondary N) is 1. The average molecular weight is 353 g/mol. The molecule has 0 aliphatic heterocycles. The van der Waals surface area contributed by atoms with Gasteiger partial charge in [-0.3, -0.25) is 4.79 Å². The number of carbonyl (C=O) groups is 1. The van der Waals surface area contributed by atoms with E-state index in [1.807, 2.05) is 6.07 Å². The summed E-state index contributed by atoms with van der Waals surface area (Å²) < 4.78 is 5.54. The Balaban J connectivity index is 1.70. The van der Waals surface area contributed by atoms with Crippen LogP contribution in [0.2, 0.25) is 0 Å². The number of benzene rings is 2. The van der Waals surface area contributed by atoms with Crippen LogP contribution < -0.4 is 10.1 Å². The van der Waals surface area contributed by atoms with E-state index in [9.17, 15) is 4.79 Å². The third-order valence-corrected chi connectivity index (χ3v) is 5.39. The zero-order valence-electron chi connectivity index (χ0n) is 15.5. The Morgan fingerprint density at radius 3 is 2.54 bits per heavy atom. The maximum Gasteiger partial charge on any atom is 0.306 e. The largest absolute Gasteiger partial charge is 0.496 e.